The molecule has 2 amide bonds. The highest BCUT2D eigenvalue weighted by atomic mass is 16.4. The van der Waals surface area contributed by atoms with Crippen LogP contribution in [0.25, 0.3) is 0 Å². The molecule has 5 heteroatoms. The summed E-state index contributed by atoms with van der Waals surface area (Å²) in [6.45, 7) is 1.48. The Morgan fingerprint density at radius 1 is 1.35 bits per heavy atom. The van der Waals surface area contributed by atoms with Crippen molar-refractivity contribution in [1.82, 2.24) is 10.2 Å². The second kappa shape index (κ2) is 5.15. The smallest absolute Gasteiger partial charge is 0.317 e. The van der Waals surface area contributed by atoms with E-state index in [1.54, 1.807) is 4.90 Å². The van der Waals surface area contributed by atoms with Crippen molar-refractivity contribution in [3.8, 4) is 0 Å². The Hall–Kier alpha value is -2.04. The number of aliphatic carboxylic acids is 1. The minimum atomic E-state index is -0.812. The van der Waals surface area contributed by atoms with Crippen LogP contribution < -0.4 is 5.32 Å². The monoisotopic (exact) mass is 274 g/mol. The number of nitrogens with one attached hydrogen (secondary N) is 1. The van der Waals surface area contributed by atoms with Gasteiger partial charge < -0.3 is 15.3 Å². The van der Waals surface area contributed by atoms with Crippen molar-refractivity contribution in [1.29, 1.82) is 0 Å². The lowest BCUT2D eigenvalue weighted by Crippen LogP contribution is -2.42. The zero-order chi connectivity index (χ0) is 14.1. The maximum Gasteiger partial charge on any atom is 0.317 e. The van der Waals surface area contributed by atoms with Crippen molar-refractivity contribution in [2.45, 2.75) is 18.8 Å². The Kier molecular flexibility index (Phi) is 3.34. The number of rotatable bonds is 3. The van der Waals surface area contributed by atoms with Gasteiger partial charge in [0, 0.05) is 25.6 Å². The van der Waals surface area contributed by atoms with Gasteiger partial charge in [-0.15, -0.1) is 0 Å². The number of urea groups is 1. The SMILES string of the molecule is O=C(O)C1CCN(C(=O)NCC2Cc3ccccc32)C1. The first-order chi connectivity index (χ1) is 9.65. The maximum absolute atomic E-state index is 12.0. The van der Waals surface area contributed by atoms with E-state index in [4.69, 9.17) is 5.11 Å². The summed E-state index contributed by atoms with van der Waals surface area (Å²) >= 11 is 0. The second-order valence-electron chi connectivity index (χ2n) is 5.56. The summed E-state index contributed by atoms with van der Waals surface area (Å²) in [5, 5.41) is 11.8. The lowest BCUT2D eigenvalue weighted by molar-refractivity contribution is -0.141. The van der Waals surface area contributed by atoms with Gasteiger partial charge >= 0.3 is 12.0 Å². The zero-order valence-corrected chi connectivity index (χ0v) is 11.2. The first kappa shape index (κ1) is 13.0. The number of carbonyl (C=O) groups excluding carboxylic acids is 1. The van der Waals surface area contributed by atoms with Crippen LogP contribution in [0, 0.1) is 5.92 Å². The molecule has 0 bridgehead atoms. The lowest BCUT2D eigenvalue weighted by atomic mass is 9.78. The molecule has 1 aromatic carbocycles. The fraction of sp³-hybridized carbons (Fsp3) is 0.467. The van der Waals surface area contributed by atoms with Crippen LogP contribution >= 0.6 is 0 Å². The number of carbonyl (C=O) groups is 2. The van der Waals surface area contributed by atoms with Crippen LogP contribution in [0.3, 0.4) is 0 Å². The van der Waals surface area contributed by atoms with E-state index in [9.17, 15) is 9.59 Å². The minimum absolute atomic E-state index is 0.141. The molecule has 2 unspecified atom stereocenters. The van der Waals surface area contributed by atoms with Gasteiger partial charge in [-0.1, -0.05) is 24.3 Å². The summed E-state index contributed by atoms with van der Waals surface area (Å²) in [5.41, 5.74) is 2.68. The third-order valence-corrected chi connectivity index (χ3v) is 4.29. The largest absolute Gasteiger partial charge is 0.481 e. The van der Waals surface area contributed by atoms with Crippen LogP contribution in [-0.4, -0.2) is 41.6 Å². The van der Waals surface area contributed by atoms with Crippen LogP contribution in [-0.2, 0) is 11.2 Å². The van der Waals surface area contributed by atoms with Gasteiger partial charge in [-0.25, -0.2) is 4.79 Å². The fourth-order valence-corrected chi connectivity index (χ4v) is 3.01. The predicted octanol–water partition coefficient (Wildman–Crippen LogP) is 1.44. The van der Waals surface area contributed by atoms with E-state index < -0.39 is 11.9 Å². The number of hydrogen-bond donors (Lipinski definition) is 2. The number of fused-ring (bicyclic) bond motifs is 1. The number of nitrogens with zero attached hydrogens (tertiary/aromatic N) is 1. The van der Waals surface area contributed by atoms with E-state index in [0.717, 1.165) is 6.42 Å². The van der Waals surface area contributed by atoms with Gasteiger partial charge in [0.25, 0.3) is 0 Å². The molecule has 0 radical (unpaired) electrons. The van der Waals surface area contributed by atoms with Gasteiger partial charge in [-0.2, -0.15) is 0 Å². The van der Waals surface area contributed by atoms with Crippen molar-refractivity contribution in [3.05, 3.63) is 35.4 Å². The molecule has 106 valence electrons. The van der Waals surface area contributed by atoms with Gasteiger partial charge in [0.15, 0.2) is 0 Å². The number of benzene rings is 1. The summed E-state index contributed by atoms with van der Waals surface area (Å²) in [6, 6.07) is 8.13. The van der Waals surface area contributed by atoms with Crippen LogP contribution in [0.15, 0.2) is 24.3 Å². The molecule has 3 rings (SSSR count). The van der Waals surface area contributed by atoms with Gasteiger partial charge in [0.05, 0.1) is 5.92 Å². The summed E-state index contributed by atoms with van der Waals surface area (Å²) in [4.78, 5) is 24.5. The molecular weight excluding hydrogens is 256 g/mol. The topological polar surface area (TPSA) is 69.6 Å². The molecule has 2 aliphatic rings. The van der Waals surface area contributed by atoms with Gasteiger partial charge in [0.1, 0.15) is 0 Å². The second-order valence-corrected chi connectivity index (χ2v) is 5.56. The van der Waals surface area contributed by atoms with Gasteiger partial charge in [-0.05, 0) is 24.0 Å². The molecule has 0 spiro atoms. The van der Waals surface area contributed by atoms with E-state index in [0.29, 0.717) is 32.0 Å². The van der Waals surface area contributed by atoms with Crippen LogP contribution in [0.4, 0.5) is 4.79 Å². The molecule has 1 aliphatic carbocycles. The molecule has 1 heterocycles. The van der Waals surface area contributed by atoms with E-state index >= 15 is 0 Å². The number of likely N-dealkylation sites (tertiary alicyclic amines) is 1. The molecule has 2 N–H and O–H groups in total. The minimum Gasteiger partial charge on any atom is -0.481 e. The van der Waals surface area contributed by atoms with Crippen molar-refractivity contribution in [2.75, 3.05) is 19.6 Å². The standard InChI is InChI=1S/C15H18N2O3/c18-14(19)11-5-6-17(9-11)15(20)16-8-12-7-10-3-1-2-4-13(10)12/h1-4,11-12H,5-9H2,(H,16,20)(H,18,19). The van der Waals surface area contributed by atoms with Gasteiger partial charge in [0.2, 0.25) is 0 Å². The van der Waals surface area contributed by atoms with Crippen LogP contribution in [0.1, 0.15) is 23.5 Å². The van der Waals surface area contributed by atoms with Crippen LogP contribution in [0.2, 0.25) is 0 Å². The predicted molar refractivity (Wildman–Crippen MR) is 73.6 cm³/mol. The number of amides is 2. The number of carboxylic acid groups (broad SMARTS) is 1. The Morgan fingerprint density at radius 3 is 2.85 bits per heavy atom. The van der Waals surface area contributed by atoms with E-state index in [2.05, 4.69) is 17.4 Å². The lowest BCUT2D eigenvalue weighted by Gasteiger charge is -2.30. The van der Waals surface area contributed by atoms with Crippen molar-refractivity contribution >= 4 is 12.0 Å². The summed E-state index contributed by atoms with van der Waals surface area (Å²) in [7, 11) is 0. The molecule has 1 fully saturated rings. The maximum atomic E-state index is 12.0. The average molecular weight is 274 g/mol. The number of hydrogen-bond acceptors (Lipinski definition) is 2. The summed E-state index contributed by atoms with van der Waals surface area (Å²) in [5.74, 6) is -0.827. The molecule has 0 saturated carbocycles. The number of carboxylic acids is 1. The van der Waals surface area contributed by atoms with Crippen molar-refractivity contribution in [3.63, 3.8) is 0 Å². The molecule has 2 atom stereocenters. The molecule has 1 saturated heterocycles. The molecule has 1 aromatic rings. The fourth-order valence-electron chi connectivity index (χ4n) is 3.01. The highest BCUT2D eigenvalue weighted by Gasteiger charge is 2.32. The van der Waals surface area contributed by atoms with E-state index in [1.165, 1.54) is 11.1 Å². The van der Waals surface area contributed by atoms with E-state index in [1.807, 2.05) is 12.1 Å². The Morgan fingerprint density at radius 2 is 2.15 bits per heavy atom. The third kappa shape index (κ3) is 2.35. The summed E-state index contributed by atoms with van der Waals surface area (Å²) < 4.78 is 0. The first-order valence-corrected chi connectivity index (χ1v) is 6.98. The van der Waals surface area contributed by atoms with Crippen molar-refractivity contribution in [2.24, 2.45) is 5.92 Å². The Balaban J connectivity index is 1.48. The van der Waals surface area contributed by atoms with Crippen LogP contribution in [0.5, 0.6) is 0 Å². The zero-order valence-electron chi connectivity index (χ0n) is 11.2. The highest BCUT2D eigenvalue weighted by Crippen LogP contribution is 2.34. The average Bonchev–Trinajstić information content (AvgIpc) is 2.89. The Bertz CT molecular complexity index is 544. The quantitative estimate of drug-likeness (QED) is 0.876. The molecular formula is C15H18N2O3. The first-order valence-electron chi connectivity index (χ1n) is 6.98. The molecule has 5 nitrogen and oxygen atoms in total. The summed E-state index contributed by atoms with van der Waals surface area (Å²) in [6.07, 6.45) is 1.56. The van der Waals surface area contributed by atoms with Crippen molar-refractivity contribution < 1.29 is 14.7 Å². The third-order valence-electron chi connectivity index (χ3n) is 4.29. The normalized spacial score (nSPS) is 23.9. The molecule has 1 aliphatic heterocycles. The van der Waals surface area contributed by atoms with E-state index in [-0.39, 0.29) is 6.03 Å². The molecule has 0 aromatic heterocycles. The molecule has 20 heavy (non-hydrogen) atoms. The Labute approximate surface area is 117 Å². The highest BCUT2D eigenvalue weighted by molar-refractivity contribution is 5.77. The van der Waals surface area contributed by atoms with Gasteiger partial charge in [-0.3, -0.25) is 4.79 Å².